The second kappa shape index (κ2) is 10.4. The molecule has 1 aliphatic rings. The van der Waals surface area contributed by atoms with Crippen LogP contribution < -0.4 is 16.1 Å². The summed E-state index contributed by atoms with van der Waals surface area (Å²) in [6, 6.07) is 4.69. The molecule has 4 N–H and O–H groups in total. The highest BCUT2D eigenvalue weighted by Gasteiger charge is 2.34. The number of carboxylic acids is 1. The summed E-state index contributed by atoms with van der Waals surface area (Å²) in [4.78, 5) is 37.7. The number of aromatic nitrogens is 6. The molecule has 1 atom stereocenters. The summed E-state index contributed by atoms with van der Waals surface area (Å²) in [5.74, 6) is -1.98. The predicted molar refractivity (Wildman–Crippen MR) is 158 cm³/mol. The van der Waals surface area contributed by atoms with Gasteiger partial charge in [0.15, 0.2) is 5.69 Å². The number of anilines is 1. The summed E-state index contributed by atoms with van der Waals surface area (Å²) in [7, 11) is 0. The molecule has 11 nitrogen and oxygen atoms in total. The lowest BCUT2D eigenvalue weighted by Gasteiger charge is -2.18. The first-order chi connectivity index (χ1) is 21.5. The minimum atomic E-state index is -4.74. The largest absolute Gasteiger partial charge is 0.477 e. The third-order valence-electron chi connectivity index (χ3n) is 7.98. The zero-order valence-corrected chi connectivity index (χ0v) is 23.5. The first-order valence-electron chi connectivity index (χ1n) is 14.1. The first kappa shape index (κ1) is 28.5. The van der Waals surface area contributed by atoms with Crippen LogP contribution in [-0.2, 0) is 6.18 Å². The maximum absolute atomic E-state index is 14.9. The van der Waals surface area contributed by atoms with E-state index in [4.69, 9.17) is 0 Å². The molecule has 6 heterocycles. The van der Waals surface area contributed by atoms with Crippen molar-refractivity contribution < 1.29 is 27.5 Å². The number of nitrogens with one attached hydrogen (secondary N) is 3. The van der Waals surface area contributed by atoms with Crippen molar-refractivity contribution in [3.05, 3.63) is 76.4 Å². The number of carboxylic acid groups (broad SMARTS) is 1. The highest BCUT2D eigenvalue weighted by atomic mass is 19.4. The van der Waals surface area contributed by atoms with Gasteiger partial charge in [0, 0.05) is 60.4 Å². The second-order valence-electron chi connectivity index (χ2n) is 10.7. The number of pyridine rings is 3. The van der Waals surface area contributed by atoms with Gasteiger partial charge in [-0.2, -0.15) is 18.3 Å². The van der Waals surface area contributed by atoms with Crippen LogP contribution >= 0.6 is 0 Å². The van der Waals surface area contributed by atoms with Crippen molar-refractivity contribution >= 4 is 44.6 Å². The average Bonchev–Trinajstić information content (AvgIpc) is 3.77. The number of alkyl halides is 3. The molecule has 1 aromatic carbocycles. The fraction of sp³-hybridized carbons (Fsp3) is 0.233. The zero-order valence-electron chi connectivity index (χ0n) is 23.5. The highest BCUT2D eigenvalue weighted by Crippen LogP contribution is 2.40. The summed E-state index contributed by atoms with van der Waals surface area (Å²) in [6.07, 6.45) is 1.23. The Morgan fingerprint density at radius 2 is 2.00 bits per heavy atom. The van der Waals surface area contributed by atoms with E-state index in [2.05, 4.69) is 30.7 Å². The van der Waals surface area contributed by atoms with E-state index in [-0.39, 0.29) is 44.9 Å². The number of fused-ring (bicyclic) bond motifs is 4. The Balaban J connectivity index is 1.55. The van der Waals surface area contributed by atoms with Gasteiger partial charge in [-0.1, -0.05) is 0 Å². The van der Waals surface area contributed by atoms with Crippen LogP contribution in [0.1, 0.15) is 35.4 Å². The minimum Gasteiger partial charge on any atom is -0.477 e. The van der Waals surface area contributed by atoms with Crippen LogP contribution in [0, 0.1) is 5.82 Å². The molecule has 1 unspecified atom stereocenters. The number of rotatable bonds is 6. The van der Waals surface area contributed by atoms with Gasteiger partial charge in [0.1, 0.15) is 22.7 Å². The molecule has 7 rings (SSSR count). The molecule has 45 heavy (non-hydrogen) atoms. The Kier molecular flexibility index (Phi) is 6.58. The standard InChI is InChI=1S/C30H24F4N8O3/c1-2-36-21-9-15(31)8-17-23-25(42-6-4-22(40-42)30(32,33)34)19(12-37-27(23)39-24(17)21)14-7-18-26(43)20(29(44)45)13-41(28(18)38-10-14)16-3-5-35-11-16/h4,6-10,12-13,16,35-36H,2-3,5,11H2,1H3,(H,37,39)(H,44,45). The predicted octanol–water partition coefficient (Wildman–Crippen LogP) is 5.10. The Labute approximate surface area is 250 Å². The summed E-state index contributed by atoms with van der Waals surface area (Å²) in [6.45, 7) is 3.57. The molecule has 1 saturated heterocycles. The second-order valence-corrected chi connectivity index (χ2v) is 10.7. The number of nitrogens with zero attached hydrogens (tertiary/aromatic N) is 5. The highest BCUT2D eigenvalue weighted by molar-refractivity contribution is 6.15. The van der Waals surface area contributed by atoms with E-state index in [1.54, 1.807) is 4.57 Å². The van der Waals surface area contributed by atoms with Crippen molar-refractivity contribution in [3.63, 3.8) is 0 Å². The number of aromatic carboxylic acids is 1. The van der Waals surface area contributed by atoms with E-state index in [1.807, 2.05) is 6.92 Å². The normalized spacial score (nSPS) is 15.4. The van der Waals surface area contributed by atoms with Crippen molar-refractivity contribution in [1.82, 2.24) is 34.6 Å². The molecule has 1 aliphatic heterocycles. The van der Waals surface area contributed by atoms with Crippen LogP contribution in [0.2, 0.25) is 0 Å². The molecule has 0 spiro atoms. The SMILES string of the molecule is CCNc1cc(F)cc2c1[nH]c1ncc(-c3cnc4c(c3)c(=O)c(C(=O)O)cn4C3CCNC3)c(-n3ccc(C(F)(F)F)n3)c12. The summed E-state index contributed by atoms with van der Waals surface area (Å²) < 4.78 is 58.6. The molecule has 0 amide bonds. The molecule has 0 bridgehead atoms. The first-order valence-corrected chi connectivity index (χ1v) is 14.1. The summed E-state index contributed by atoms with van der Waals surface area (Å²) in [5.41, 5.74) is -0.263. The Hall–Kier alpha value is -5.31. The Morgan fingerprint density at radius 3 is 2.69 bits per heavy atom. The third kappa shape index (κ3) is 4.66. The topological polar surface area (TPSA) is 143 Å². The number of H-pyrrole nitrogens is 1. The van der Waals surface area contributed by atoms with Gasteiger partial charge in [0.25, 0.3) is 0 Å². The maximum atomic E-state index is 14.9. The molecule has 0 radical (unpaired) electrons. The molecule has 15 heteroatoms. The number of carbonyl (C=O) groups is 1. The fourth-order valence-corrected chi connectivity index (χ4v) is 5.98. The monoisotopic (exact) mass is 620 g/mol. The number of hydrogen-bond donors (Lipinski definition) is 4. The minimum absolute atomic E-state index is 0.0150. The van der Waals surface area contributed by atoms with E-state index >= 15 is 0 Å². The fourth-order valence-electron chi connectivity index (χ4n) is 5.98. The molecule has 1 fully saturated rings. The Bertz CT molecular complexity index is 2210. The van der Waals surface area contributed by atoms with Gasteiger partial charge in [0.05, 0.1) is 27.7 Å². The van der Waals surface area contributed by atoms with Crippen LogP contribution in [0.15, 0.2) is 53.8 Å². The molecular weight excluding hydrogens is 596 g/mol. The third-order valence-corrected chi connectivity index (χ3v) is 7.98. The van der Waals surface area contributed by atoms with Crippen molar-refractivity contribution in [2.75, 3.05) is 25.0 Å². The molecule has 6 aromatic rings. The maximum Gasteiger partial charge on any atom is 0.435 e. The van der Waals surface area contributed by atoms with Crippen molar-refractivity contribution in [1.29, 1.82) is 0 Å². The van der Waals surface area contributed by atoms with E-state index in [0.29, 0.717) is 42.6 Å². The van der Waals surface area contributed by atoms with Gasteiger partial charge < -0.3 is 25.3 Å². The van der Waals surface area contributed by atoms with Crippen molar-refractivity contribution in [3.8, 4) is 16.8 Å². The smallest absolute Gasteiger partial charge is 0.435 e. The molecule has 5 aromatic heterocycles. The summed E-state index contributed by atoms with van der Waals surface area (Å²) in [5, 5.41) is 20.6. The van der Waals surface area contributed by atoms with Gasteiger partial charge in [-0.3, -0.25) is 4.79 Å². The van der Waals surface area contributed by atoms with Gasteiger partial charge in [0.2, 0.25) is 5.43 Å². The molecule has 0 aliphatic carbocycles. The van der Waals surface area contributed by atoms with Crippen LogP contribution in [-0.4, -0.2) is 60.0 Å². The quantitative estimate of drug-likeness (QED) is 0.189. The van der Waals surface area contributed by atoms with Gasteiger partial charge in [-0.05, 0) is 44.2 Å². The van der Waals surface area contributed by atoms with Crippen molar-refractivity contribution in [2.24, 2.45) is 0 Å². The van der Waals surface area contributed by atoms with Crippen LogP contribution in [0.25, 0.3) is 49.8 Å². The number of aromatic amines is 1. The van der Waals surface area contributed by atoms with Crippen molar-refractivity contribution in [2.45, 2.75) is 25.6 Å². The number of hydrogen-bond acceptors (Lipinski definition) is 7. The average molecular weight is 621 g/mol. The van der Waals surface area contributed by atoms with Crippen LogP contribution in [0.3, 0.4) is 0 Å². The van der Waals surface area contributed by atoms with E-state index in [1.165, 1.54) is 36.8 Å². The zero-order chi connectivity index (χ0) is 31.6. The Morgan fingerprint density at radius 1 is 1.18 bits per heavy atom. The van der Waals surface area contributed by atoms with E-state index in [9.17, 15) is 32.3 Å². The van der Waals surface area contributed by atoms with Gasteiger partial charge >= 0.3 is 12.1 Å². The van der Waals surface area contributed by atoms with Gasteiger partial charge in [-0.25, -0.2) is 23.8 Å². The van der Waals surface area contributed by atoms with Gasteiger partial charge in [-0.15, -0.1) is 0 Å². The molecule has 0 saturated carbocycles. The van der Waals surface area contributed by atoms with Crippen LogP contribution in [0.5, 0.6) is 0 Å². The lowest BCUT2D eigenvalue weighted by Crippen LogP contribution is -2.23. The number of halogens is 4. The molecular formula is C30H24F4N8O3. The summed E-state index contributed by atoms with van der Waals surface area (Å²) >= 11 is 0. The number of benzene rings is 1. The lowest BCUT2D eigenvalue weighted by atomic mass is 10.0. The van der Waals surface area contributed by atoms with Crippen LogP contribution in [0.4, 0.5) is 23.2 Å². The van der Waals surface area contributed by atoms with E-state index < -0.39 is 34.6 Å². The lowest BCUT2D eigenvalue weighted by molar-refractivity contribution is -0.141. The van der Waals surface area contributed by atoms with E-state index in [0.717, 1.165) is 16.9 Å². The molecule has 230 valence electrons.